The van der Waals surface area contributed by atoms with E-state index in [1.165, 1.54) is 22.5 Å². The number of rotatable bonds is 6. The lowest BCUT2D eigenvalue weighted by molar-refractivity contribution is -0.206. The van der Waals surface area contributed by atoms with Crippen LogP contribution in [0.2, 0.25) is 0 Å². The Morgan fingerprint density at radius 3 is 2.32 bits per heavy atom. The molecule has 2 aliphatic heterocycles. The van der Waals surface area contributed by atoms with Gasteiger partial charge in [-0.15, -0.1) is 11.3 Å². The van der Waals surface area contributed by atoms with Crippen molar-refractivity contribution >= 4 is 27.0 Å². The summed E-state index contributed by atoms with van der Waals surface area (Å²) in [5.41, 5.74) is 0.139. The van der Waals surface area contributed by atoms with Crippen molar-refractivity contribution in [3.05, 3.63) is 47.3 Å². The third kappa shape index (κ3) is 6.40. The van der Waals surface area contributed by atoms with Crippen molar-refractivity contribution in [2.24, 2.45) is 0 Å². The summed E-state index contributed by atoms with van der Waals surface area (Å²) in [6.07, 6.45) is -11.9. The molecule has 0 amide bonds. The number of piperazine rings is 2. The van der Waals surface area contributed by atoms with Gasteiger partial charge in [-0.3, -0.25) is 4.90 Å². The first-order valence-corrected chi connectivity index (χ1v) is 13.8. The number of halogens is 6. The highest BCUT2D eigenvalue weighted by atomic mass is 32.2. The van der Waals surface area contributed by atoms with E-state index in [2.05, 4.69) is 5.32 Å². The Bertz CT molecular complexity index is 1140. The van der Waals surface area contributed by atoms with Gasteiger partial charge in [-0.25, -0.2) is 8.42 Å². The Kier molecular flexibility index (Phi) is 8.12. The Morgan fingerprint density at radius 1 is 1.03 bits per heavy atom. The van der Waals surface area contributed by atoms with E-state index in [0.29, 0.717) is 12.2 Å². The molecule has 0 radical (unpaired) electrons. The lowest BCUT2D eigenvalue weighted by Gasteiger charge is -2.45. The second kappa shape index (κ2) is 10.7. The van der Waals surface area contributed by atoms with E-state index >= 15 is 0 Å². The second-order valence-corrected chi connectivity index (χ2v) is 12.1. The zero-order valence-corrected chi connectivity index (χ0v) is 21.0. The van der Waals surface area contributed by atoms with Crippen LogP contribution >= 0.6 is 11.3 Å². The smallest absolute Gasteiger partial charge is 0.379 e. The van der Waals surface area contributed by atoms with Crippen LogP contribution < -0.4 is 10.2 Å². The zero-order valence-electron chi connectivity index (χ0n) is 19.4. The minimum absolute atomic E-state index is 0.00618. The van der Waals surface area contributed by atoms with Crippen molar-refractivity contribution in [3.63, 3.8) is 0 Å². The summed E-state index contributed by atoms with van der Waals surface area (Å²) in [4.78, 5) is 3.42. The van der Waals surface area contributed by atoms with Crippen LogP contribution in [0.3, 0.4) is 0 Å². The number of alkyl halides is 6. The summed E-state index contributed by atoms with van der Waals surface area (Å²) in [5.74, 6) is 0. The normalized spacial score (nSPS) is 23.8. The summed E-state index contributed by atoms with van der Waals surface area (Å²) >= 11 is 1.06. The maximum Gasteiger partial charge on any atom is 0.418 e. The van der Waals surface area contributed by atoms with Gasteiger partial charge in [0.2, 0.25) is 0 Å². The first kappa shape index (κ1) is 28.1. The van der Waals surface area contributed by atoms with E-state index in [-0.39, 0.29) is 49.0 Å². The summed E-state index contributed by atoms with van der Waals surface area (Å²) in [5, 5.41) is 13.6. The highest BCUT2D eigenvalue weighted by molar-refractivity contribution is 7.91. The first-order valence-electron chi connectivity index (χ1n) is 11.4. The Balaban J connectivity index is 1.58. The topological polar surface area (TPSA) is 76.1 Å². The Hall–Kier alpha value is -1.91. The van der Waals surface area contributed by atoms with Gasteiger partial charge >= 0.3 is 12.4 Å². The van der Waals surface area contributed by atoms with E-state index in [4.69, 9.17) is 0 Å². The van der Waals surface area contributed by atoms with Crippen molar-refractivity contribution < 1.29 is 39.9 Å². The first-order chi connectivity index (χ1) is 17.3. The van der Waals surface area contributed by atoms with Gasteiger partial charge in [-0.1, -0.05) is 18.2 Å². The molecule has 1 aromatic heterocycles. The highest BCUT2D eigenvalue weighted by Crippen LogP contribution is 2.34. The fraction of sp³-hybridized carbons (Fsp3) is 0.545. The lowest BCUT2D eigenvalue weighted by atomic mass is 10.1. The molecular formula is C22H26F6N4O3S2. The van der Waals surface area contributed by atoms with Crippen LogP contribution in [0.15, 0.2) is 46.0 Å². The maximum atomic E-state index is 13.3. The predicted octanol–water partition coefficient (Wildman–Crippen LogP) is 3.06. The van der Waals surface area contributed by atoms with E-state index in [0.717, 1.165) is 23.5 Å². The van der Waals surface area contributed by atoms with Crippen LogP contribution in [-0.2, 0) is 10.0 Å². The predicted molar refractivity (Wildman–Crippen MR) is 126 cm³/mol. The van der Waals surface area contributed by atoms with Gasteiger partial charge < -0.3 is 15.3 Å². The molecule has 2 aliphatic rings. The van der Waals surface area contributed by atoms with Gasteiger partial charge in [0, 0.05) is 51.5 Å². The summed E-state index contributed by atoms with van der Waals surface area (Å²) in [6, 6.07) is 5.90. The van der Waals surface area contributed by atoms with Gasteiger partial charge in [0.05, 0.1) is 6.04 Å². The highest BCUT2D eigenvalue weighted by Gasteiger charge is 2.43. The van der Waals surface area contributed by atoms with E-state index in [9.17, 15) is 39.9 Å². The molecule has 15 heteroatoms. The molecule has 4 rings (SSSR count). The number of nitrogens with zero attached hydrogens (tertiary/aromatic N) is 3. The largest absolute Gasteiger partial charge is 0.418 e. The molecule has 2 fully saturated rings. The van der Waals surface area contributed by atoms with Gasteiger partial charge in [0.15, 0.2) is 6.10 Å². The average Bonchev–Trinajstić information content (AvgIpc) is 3.39. The number of thiophene rings is 1. The third-order valence-corrected chi connectivity index (χ3v) is 9.75. The van der Waals surface area contributed by atoms with Crippen LogP contribution in [0.1, 0.15) is 11.7 Å². The number of nitrogens with one attached hydrogen (secondary N) is 1. The summed E-state index contributed by atoms with van der Waals surface area (Å²) in [7, 11) is -3.81. The van der Waals surface area contributed by atoms with Crippen molar-refractivity contribution in [2.75, 3.05) is 50.7 Å². The van der Waals surface area contributed by atoms with Gasteiger partial charge in [0.25, 0.3) is 10.0 Å². The number of benzene rings is 1. The molecule has 3 atom stereocenters. The number of anilines is 1. The van der Waals surface area contributed by atoms with Gasteiger partial charge in [-0.05, 0) is 29.1 Å². The van der Waals surface area contributed by atoms with Crippen LogP contribution in [0.25, 0.3) is 0 Å². The fourth-order valence-corrected chi connectivity index (χ4v) is 7.22. The lowest BCUT2D eigenvalue weighted by Crippen LogP contribution is -2.62. The number of sulfonamides is 1. The molecule has 0 spiro atoms. The van der Waals surface area contributed by atoms with Crippen molar-refractivity contribution in [3.8, 4) is 0 Å². The van der Waals surface area contributed by atoms with Crippen LogP contribution in [0.4, 0.5) is 32.0 Å². The molecule has 0 aliphatic carbocycles. The van der Waals surface area contributed by atoms with Crippen molar-refractivity contribution in [2.45, 2.75) is 34.7 Å². The molecule has 7 nitrogen and oxygen atoms in total. The van der Waals surface area contributed by atoms with Crippen LogP contribution in [0, 0.1) is 0 Å². The maximum absolute atomic E-state index is 13.3. The molecule has 0 unspecified atom stereocenters. The van der Waals surface area contributed by atoms with Crippen molar-refractivity contribution in [1.82, 2.24) is 14.5 Å². The molecule has 2 N–H and O–H groups in total. The zero-order chi connectivity index (χ0) is 27.0. The van der Waals surface area contributed by atoms with Crippen LogP contribution in [-0.4, -0.2) is 93.0 Å². The molecule has 37 heavy (non-hydrogen) atoms. The SMILES string of the molecule is O=S(=O)(c1cccs1)N1CCN(c2ccc([C@H](O)C(F)(F)F)cc2)[C@@H](CN2CCN[C@@H](C(F)(F)F)C2)C1. The second-order valence-electron chi connectivity index (χ2n) is 8.99. The van der Waals surface area contributed by atoms with Crippen molar-refractivity contribution in [1.29, 1.82) is 0 Å². The third-order valence-electron chi connectivity index (χ3n) is 6.51. The minimum Gasteiger partial charge on any atom is -0.379 e. The molecule has 0 saturated carbocycles. The molecule has 3 heterocycles. The summed E-state index contributed by atoms with van der Waals surface area (Å²) < 4.78 is 106. The fourth-order valence-electron chi connectivity index (χ4n) is 4.61. The van der Waals surface area contributed by atoms with E-state index in [1.54, 1.807) is 21.2 Å². The molecule has 1 aromatic carbocycles. The van der Waals surface area contributed by atoms with E-state index in [1.807, 2.05) is 0 Å². The Labute approximate surface area is 214 Å². The van der Waals surface area contributed by atoms with Gasteiger partial charge in [0.1, 0.15) is 10.3 Å². The summed E-state index contributed by atoms with van der Waals surface area (Å²) in [6.45, 7) is 0.527. The molecular weight excluding hydrogens is 546 g/mol. The monoisotopic (exact) mass is 572 g/mol. The molecule has 2 aromatic rings. The number of aliphatic hydroxyl groups excluding tert-OH is 1. The molecule has 0 bridgehead atoms. The quantitative estimate of drug-likeness (QED) is 0.519. The number of hydrogen-bond acceptors (Lipinski definition) is 7. The standard InChI is InChI=1S/C22H26F6N4O3S2/c23-21(24,25)18-14-30(8-7-29-18)12-17-13-31(37(34,35)19-2-1-11-36-19)9-10-32(17)16-5-3-15(4-6-16)20(33)22(26,27)28/h1-6,11,17-18,20,29,33H,7-10,12-14H2/t17-,18+,20-/m0/s1. The number of hydrogen-bond donors (Lipinski definition) is 2. The van der Waals surface area contributed by atoms with Crippen LogP contribution in [0.5, 0.6) is 0 Å². The van der Waals surface area contributed by atoms with Gasteiger partial charge in [-0.2, -0.15) is 30.6 Å². The average molecular weight is 573 g/mol. The molecule has 206 valence electrons. The van der Waals surface area contributed by atoms with E-state index < -0.39 is 40.6 Å². The molecule has 2 saturated heterocycles. The minimum atomic E-state index is -4.83. The Morgan fingerprint density at radius 2 is 1.73 bits per heavy atom. The number of aliphatic hydroxyl groups is 1.